The molecule has 0 saturated carbocycles. The number of likely N-dealkylation sites (tertiary alicyclic amines) is 1. The minimum absolute atomic E-state index is 0.0625. The highest BCUT2D eigenvalue weighted by Gasteiger charge is 2.36. The molecule has 118 valence electrons. The number of aromatic nitrogens is 3. The Hall–Kier alpha value is -2.15. The second kappa shape index (κ2) is 5.57. The Kier molecular flexibility index (Phi) is 3.74. The quantitative estimate of drug-likeness (QED) is 0.917. The molecule has 1 fully saturated rings. The average Bonchev–Trinajstić information content (AvgIpc) is 3.16. The molecule has 0 unspecified atom stereocenters. The molecular formula is C15H21N5O2. The van der Waals surface area contributed by atoms with Crippen LogP contribution in [-0.2, 0) is 7.05 Å². The van der Waals surface area contributed by atoms with E-state index in [1.54, 1.807) is 11.2 Å². The maximum absolute atomic E-state index is 12.7. The molecular weight excluding hydrogens is 282 g/mol. The topological polar surface area (TPSA) is 90.2 Å². The highest BCUT2D eigenvalue weighted by atomic mass is 16.5. The van der Waals surface area contributed by atoms with Crippen LogP contribution >= 0.6 is 0 Å². The number of hydrogen-bond donors (Lipinski definition) is 1. The number of nitrogens with two attached hydrogens (primary N) is 1. The zero-order valence-corrected chi connectivity index (χ0v) is 13.1. The Morgan fingerprint density at radius 2 is 2.23 bits per heavy atom. The summed E-state index contributed by atoms with van der Waals surface area (Å²) in [5.41, 5.74) is 8.37. The molecule has 2 aromatic heterocycles. The summed E-state index contributed by atoms with van der Waals surface area (Å²) in [4.78, 5) is 18.8. The van der Waals surface area contributed by atoms with Crippen molar-refractivity contribution in [2.75, 3.05) is 13.1 Å². The van der Waals surface area contributed by atoms with Crippen LogP contribution in [-0.4, -0.2) is 44.6 Å². The molecule has 1 aliphatic heterocycles. The lowest BCUT2D eigenvalue weighted by molar-refractivity contribution is 0.0787. The summed E-state index contributed by atoms with van der Waals surface area (Å²) in [5, 5.41) is 3.94. The first-order valence-electron chi connectivity index (χ1n) is 7.44. The van der Waals surface area contributed by atoms with Gasteiger partial charge in [0.2, 0.25) is 0 Å². The molecule has 1 amide bonds. The fraction of sp³-hybridized carbons (Fsp3) is 0.533. The van der Waals surface area contributed by atoms with Gasteiger partial charge in [-0.1, -0.05) is 19.0 Å². The van der Waals surface area contributed by atoms with Crippen molar-refractivity contribution in [2.24, 2.45) is 12.8 Å². The third kappa shape index (κ3) is 2.52. The number of hydrogen-bond acceptors (Lipinski definition) is 5. The Bertz CT molecular complexity index is 675. The van der Waals surface area contributed by atoms with Crippen LogP contribution in [0.4, 0.5) is 0 Å². The summed E-state index contributed by atoms with van der Waals surface area (Å²) in [6.07, 6.45) is 5.14. The smallest absolute Gasteiger partial charge is 0.259 e. The van der Waals surface area contributed by atoms with E-state index in [1.807, 2.05) is 31.7 Å². The zero-order valence-electron chi connectivity index (χ0n) is 13.1. The van der Waals surface area contributed by atoms with Crippen LogP contribution in [0.15, 0.2) is 23.3 Å². The van der Waals surface area contributed by atoms with Gasteiger partial charge in [-0.2, -0.15) is 0 Å². The Morgan fingerprint density at radius 1 is 1.45 bits per heavy atom. The van der Waals surface area contributed by atoms with Gasteiger partial charge in [-0.15, -0.1) is 0 Å². The van der Waals surface area contributed by atoms with Gasteiger partial charge >= 0.3 is 0 Å². The monoisotopic (exact) mass is 303 g/mol. The fourth-order valence-corrected chi connectivity index (χ4v) is 2.92. The van der Waals surface area contributed by atoms with E-state index in [4.69, 9.17) is 10.3 Å². The zero-order chi connectivity index (χ0) is 15.9. The van der Waals surface area contributed by atoms with Crippen LogP contribution in [0.2, 0.25) is 0 Å². The van der Waals surface area contributed by atoms with E-state index in [-0.39, 0.29) is 23.8 Å². The number of aryl methyl sites for hydroxylation is 1. The van der Waals surface area contributed by atoms with Crippen molar-refractivity contribution in [1.82, 2.24) is 19.6 Å². The molecule has 0 aliphatic carbocycles. The third-order valence-corrected chi connectivity index (χ3v) is 4.13. The maximum Gasteiger partial charge on any atom is 0.259 e. The third-order valence-electron chi connectivity index (χ3n) is 4.13. The maximum atomic E-state index is 12.7. The molecule has 2 N–H and O–H groups in total. The molecule has 2 aromatic rings. The summed E-state index contributed by atoms with van der Waals surface area (Å²) < 4.78 is 6.88. The van der Waals surface area contributed by atoms with E-state index in [2.05, 4.69) is 10.1 Å². The predicted molar refractivity (Wildman–Crippen MR) is 80.4 cm³/mol. The molecule has 3 heterocycles. The highest BCUT2D eigenvalue weighted by Crippen LogP contribution is 2.28. The number of imidazole rings is 1. The van der Waals surface area contributed by atoms with Crippen LogP contribution in [0.5, 0.6) is 0 Å². The lowest BCUT2D eigenvalue weighted by Gasteiger charge is -2.16. The number of nitrogens with zero attached hydrogens (tertiary/aromatic N) is 4. The molecule has 3 rings (SSSR count). The van der Waals surface area contributed by atoms with Crippen LogP contribution in [0.1, 0.15) is 47.4 Å². The second-order valence-electron chi connectivity index (χ2n) is 6.21. The molecule has 0 bridgehead atoms. The van der Waals surface area contributed by atoms with Crippen molar-refractivity contribution in [1.29, 1.82) is 0 Å². The van der Waals surface area contributed by atoms with Gasteiger partial charge in [0.15, 0.2) is 0 Å². The van der Waals surface area contributed by atoms with Crippen molar-refractivity contribution in [3.8, 4) is 0 Å². The largest absolute Gasteiger partial charge is 0.364 e. The number of rotatable bonds is 3. The normalized spacial score (nSPS) is 21.8. The van der Waals surface area contributed by atoms with Gasteiger partial charge in [-0.3, -0.25) is 4.79 Å². The molecule has 7 nitrogen and oxygen atoms in total. The van der Waals surface area contributed by atoms with Crippen molar-refractivity contribution in [3.05, 3.63) is 35.7 Å². The standard InChI is InChI=1S/C15H21N5O2/c1-9(2)14-11(7-22-18-14)15(21)20-4-10(12(16)5-20)13-6-19(3)8-17-13/h6-10,12H,4-5,16H2,1-3H3/t10-,12-/m1/s1. The van der Waals surface area contributed by atoms with Crippen molar-refractivity contribution >= 4 is 5.91 Å². The molecule has 2 atom stereocenters. The molecule has 1 aliphatic rings. The van der Waals surface area contributed by atoms with Crippen molar-refractivity contribution in [3.63, 3.8) is 0 Å². The van der Waals surface area contributed by atoms with Gasteiger partial charge in [0.05, 0.1) is 17.7 Å². The fourth-order valence-electron chi connectivity index (χ4n) is 2.92. The van der Waals surface area contributed by atoms with E-state index < -0.39 is 0 Å². The van der Waals surface area contributed by atoms with E-state index in [0.717, 1.165) is 5.69 Å². The summed E-state index contributed by atoms with van der Waals surface area (Å²) in [7, 11) is 1.92. The van der Waals surface area contributed by atoms with E-state index in [9.17, 15) is 4.79 Å². The van der Waals surface area contributed by atoms with Gasteiger partial charge in [0.25, 0.3) is 5.91 Å². The molecule has 1 saturated heterocycles. The van der Waals surface area contributed by atoms with Crippen LogP contribution in [0, 0.1) is 0 Å². The molecule has 0 radical (unpaired) electrons. The van der Waals surface area contributed by atoms with Gasteiger partial charge in [0, 0.05) is 38.3 Å². The van der Waals surface area contributed by atoms with Gasteiger partial charge < -0.3 is 19.7 Å². The number of amides is 1. The van der Waals surface area contributed by atoms with Crippen LogP contribution < -0.4 is 5.73 Å². The van der Waals surface area contributed by atoms with Crippen LogP contribution in [0.3, 0.4) is 0 Å². The Morgan fingerprint density at radius 3 is 2.86 bits per heavy atom. The van der Waals surface area contributed by atoms with Gasteiger partial charge in [0.1, 0.15) is 11.8 Å². The first-order chi connectivity index (χ1) is 10.5. The molecule has 7 heteroatoms. The molecule has 0 aromatic carbocycles. The minimum Gasteiger partial charge on any atom is -0.364 e. The number of carbonyl (C=O) groups is 1. The van der Waals surface area contributed by atoms with Crippen molar-refractivity contribution < 1.29 is 9.32 Å². The minimum atomic E-state index is -0.110. The highest BCUT2D eigenvalue weighted by molar-refractivity contribution is 5.95. The SMILES string of the molecule is CC(C)c1nocc1C(=O)N1C[C@@H](N)[C@H](c2cn(C)cn2)C1. The summed E-state index contributed by atoms with van der Waals surface area (Å²) in [5.74, 6) is 0.131. The summed E-state index contributed by atoms with van der Waals surface area (Å²) in [6, 6.07) is -0.110. The lowest BCUT2D eigenvalue weighted by Crippen LogP contribution is -2.32. The molecule has 22 heavy (non-hydrogen) atoms. The van der Waals surface area contributed by atoms with E-state index in [1.165, 1.54) is 6.26 Å². The van der Waals surface area contributed by atoms with E-state index >= 15 is 0 Å². The average molecular weight is 303 g/mol. The van der Waals surface area contributed by atoms with E-state index in [0.29, 0.717) is 24.3 Å². The Labute approximate surface area is 129 Å². The Balaban J connectivity index is 1.79. The van der Waals surface area contributed by atoms with Crippen LogP contribution in [0.25, 0.3) is 0 Å². The van der Waals surface area contributed by atoms with Crippen molar-refractivity contribution in [2.45, 2.75) is 31.7 Å². The first-order valence-corrected chi connectivity index (χ1v) is 7.44. The predicted octanol–water partition coefficient (Wildman–Crippen LogP) is 1.10. The first kappa shape index (κ1) is 14.8. The second-order valence-corrected chi connectivity index (χ2v) is 6.21. The summed E-state index contributed by atoms with van der Waals surface area (Å²) in [6.45, 7) is 5.06. The van der Waals surface area contributed by atoms with Gasteiger partial charge in [-0.25, -0.2) is 4.98 Å². The number of carbonyl (C=O) groups excluding carboxylic acids is 1. The summed E-state index contributed by atoms with van der Waals surface area (Å²) >= 11 is 0. The van der Waals surface area contributed by atoms with Gasteiger partial charge in [-0.05, 0) is 5.92 Å². The molecule has 0 spiro atoms. The lowest BCUT2D eigenvalue weighted by atomic mass is 10.0.